The molecule has 38 heavy (non-hydrogen) atoms. The number of amides is 2. The van der Waals surface area contributed by atoms with Gasteiger partial charge in [0.2, 0.25) is 11.8 Å². The van der Waals surface area contributed by atoms with Crippen molar-refractivity contribution in [1.29, 1.82) is 0 Å². The zero-order chi connectivity index (χ0) is 27.9. The molecule has 2 amide bonds. The maximum atomic E-state index is 14.6. The van der Waals surface area contributed by atoms with Gasteiger partial charge in [-0.15, -0.1) is 0 Å². The van der Waals surface area contributed by atoms with E-state index in [-0.39, 0.29) is 22.9 Å². The lowest BCUT2D eigenvalue weighted by Crippen LogP contribution is -2.51. The summed E-state index contributed by atoms with van der Waals surface area (Å²) in [6, 6.07) is 19.6. The molecule has 0 heterocycles. The van der Waals surface area contributed by atoms with E-state index < -0.39 is 40.2 Å². The minimum Gasteiger partial charge on any atom is -0.354 e. The van der Waals surface area contributed by atoms with Crippen LogP contribution in [-0.4, -0.2) is 44.3 Å². The van der Waals surface area contributed by atoms with E-state index in [9.17, 15) is 22.4 Å². The lowest BCUT2D eigenvalue weighted by molar-refractivity contribution is -0.139. The van der Waals surface area contributed by atoms with Crippen LogP contribution in [-0.2, 0) is 26.2 Å². The normalized spacial score (nSPS) is 12.2. The second-order valence-corrected chi connectivity index (χ2v) is 12.3. The number of hydrogen-bond donors (Lipinski definition) is 1. The van der Waals surface area contributed by atoms with Crippen LogP contribution >= 0.6 is 22.6 Å². The van der Waals surface area contributed by atoms with Gasteiger partial charge in [-0.1, -0.05) is 50.2 Å². The first-order chi connectivity index (χ1) is 18.0. The Balaban J connectivity index is 2.00. The Kier molecular flexibility index (Phi) is 10.3. The second-order valence-electron chi connectivity index (χ2n) is 9.23. The highest BCUT2D eigenvalue weighted by Crippen LogP contribution is 2.25. The SMILES string of the molecule is CC(C)CNC(=O)[C@@H](C)N(Cc1ccccc1F)C(=O)CN(c1ccc(I)cc1)S(=O)(=O)c1ccccc1. The van der Waals surface area contributed by atoms with Crippen molar-refractivity contribution in [1.82, 2.24) is 10.2 Å². The molecule has 0 aliphatic heterocycles. The zero-order valence-corrected chi connectivity index (χ0v) is 24.4. The van der Waals surface area contributed by atoms with E-state index in [4.69, 9.17) is 0 Å². The molecule has 0 bridgehead atoms. The number of halogens is 2. The Morgan fingerprint density at radius 1 is 0.921 bits per heavy atom. The molecular weight excluding hydrogens is 620 g/mol. The molecule has 7 nitrogen and oxygen atoms in total. The fourth-order valence-corrected chi connectivity index (χ4v) is 5.50. The topological polar surface area (TPSA) is 86.8 Å². The monoisotopic (exact) mass is 651 g/mol. The minimum absolute atomic E-state index is 0.0229. The quantitative estimate of drug-likeness (QED) is 0.302. The summed E-state index contributed by atoms with van der Waals surface area (Å²) in [7, 11) is -4.14. The molecule has 3 aromatic carbocycles. The lowest BCUT2D eigenvalue weighted by atomic mass is 10.1. The van der Waals surface area contributed by atoms with Crippen molar-refractivity contribution in [3.63, 3.8) is 0 Å². The molecule has 3 rings (SSSR count). The number of nitrogens with zero attached hydrogens (tertiary/aromatic N) is 2. The molecule has 0 saturated heterocycles. The molecule has 0 aliphatic carbocycles. The largest absolute Gasteiger partial charge is 0.354 e. The summed E-state index contributed by atoms with van der Waals surface area (Å²) in [5, 5.41) is 2.81. The van der Waals surface area contributed by atoms with Crippen LogP contribution in [0.5, 0.6) is 0 Å². The third-order valence-corrected chi connectivity index (χ3v) is 8.38. The molecule has 0 radical (unpaired) electrons. The molecule has 0 spiro atoms. The van der Waals surface area contributed by atoms with Gasteiger partial charge in [0.1, 0.15) is 18.4 Å². The van der Waals surface area contributed by atoms with Crippen LogP contribution in [0.25, 0.3) is 0 Å². The van der Waals surface area contributed by atoms with Crippen molar-refractivity contribution in [2.24, 2.45) is 5.92 Å². The first-order valence-electron chi connectivity index (χ1n) is 12.1. The number of anilines is 1. The summed E-state index contributed by atoms with van der Waals surface area (Å²) in [6.45, 7) is 5.07. The predicted octanol–water partition coefficient (Wildman–Crippen LogP) is 4.82. The van der Waals surface area contributed by atoms with Crippen LogP contribution in [0.2, 0.25) is 0 Å². The van der Waals surface area contributed by atoms with Crippen LogP contribution in [0.1, 0.15) is 26.3 Å². The number of sulfonamides is 1. The maximum Gasteiger partial charge on any atom is 0.264 e. The van der Waals surface area contributed by atoms with E-state index in [0.717, 1.165) is 7.88 Å². The van der Waals surface area contributed by atoms with E-state index in [2.05, 4.69) is 27.9 Å². The number of carbonyl (C=O) groups excluding carboxylic acids is 2. The third-order valence-electron chi connectivity index (χ3n) is 5.88. The summed E-state index contributed by atoms with van der Waals surface area (Å²) >= 11 is 2.11. The lowest BCUT2D eigenvalue weighted by Gasteiger charge is -2.32. The van der Waals surface area contributed by atoms with Gasteiger partial charge in [0.05, 0.1) is 10.6 Å². The number of rotatable bonds is 11. The highest BCUT2D eigenvalue weighted by Gasteiger charge is 2.32. The van der Waals surface area contributed by atoms with Crippen molar-refractivity contribution < 1.29 is 22.4 Å². The van der Waals surface area contributed by atoms with Crippen LogP contribution in [0.3, 0.4) is 0 Å². The Morgan fingerprint density at radius 3 is 2.13 bits per heavy atom. The average molecular weight is 652 g/mol. The standard InChI is InChI=1S/C28H31FIN3O4S/c1-20(2)17-31-28(35)21(3)32(18-22-9-7-8-12-26(22)29)27(34)19-33(24-15-13-23(30)14-16-24)38(36,37)25-10-5-4-6-11-25/h4-16,20-21H,17-19H2,1-3H3,(H,31,35)/t21-/m1/s1. The molecule has 3 aromatic rings. The Morgan fingerprint density at radius 2 is 1.53 bits per heavy atom. The molecule has 0 fully saturated rings. The molecule has 1 N–H and O–H groups in total. The highest BCUT2D eigenvalue weighted by molar-refractivity contribution is 14.1. The van der Waals surface area contributed by atoms with Crippen LogP contribution in [0, 0.1) is 15.3 Å². The van der Waals surface area contributed by atoms with Gasteiger partial charge < -0.3 is 10.2 Å². The van der Waals surface area contributed by atoms with Gasteiger partial charge in [0, 0.05) is 22.2 Å². The predicted molar refractivity (Wildman–Crippen MR) is 154 cm³/mol. The maximum absolute atomic E-state index is 14.6. The van der Waals surface area contributed by atoms with Gasteiger partial charge >= 0.3 is 0 Å². The fraction of sp³-hybridized carbons (Fsp3) is 0.286. The van der Waals surface area contributed by atoms with Gasteiger partial charge in [0.25, 0.3) is 10.0 Å². The van der Waals surface area contributed by atoms with E-state index in [1.165, 1.54) is 35.2 Å². The van der Waals surface area contributed by atoms with Crippen molar-refractivity contribution in [2.45, 2.75) is 38.3 Å². The molecule has 1 atom stereocenters. The molecular formula is C28H31FIN3O4S. The molecule has 202 valence electrons. The number of nitrogens with one attached hydrogen (secondary N) is 1. The second kappa shape index (κ2) is 13.2. The number of benzene rings is 3. The van der Waals surface area contributed by atoms with E-state index >= 15 is 0 Å². The third kappa shape index (κ3) is 7.53. The zero-order valence-electron chi connectivity index (χ0n) is 21.5. The van der Waals surface area contributed by atoms with Crippen LogP contribution in [0.15, 0.2) is 83.8 Å². The van der Waals surface area contributed by atoms with Crippen molar-refractivity contribution >= 4 is 50.1 Å². The van der Waals surface area contributed by atoms with E-state index in [1.807, 2.05) is 13.8 Å². The Bertz CT molecular complexity index is 1350. The number of carbonyl (C=O) groups is 2. The Labute approximate surface area is 237 Å². The minimum atomic E-state index is -4.14. The van der Waals surface area contributed by atoms with E-state index in [0.29, 0.717) is 12.2 Å². The average Bonchev–Trinajstić information content (AvgIpc) is 2.90. The smallest absolute Gasteiger partial charge is 0.264 e. The summed E-state index contributed by atoms with van der Waals surface area (Å²) in [4.78, 5) is 28.0. The molecule has 0 saturated carbocycles. The van der Waals surface area contributed by atoms with Gasteiger partial charge in [-0.25, -0.2) is 12.8 Å². The summed E-state index contributed by atoms with van der Waals surface area (Å²) in [6.07, 6.45) is 0. The van der Waals surface area contributed by atoms with E-state index in [1.54, 1.807) is 55.5 Å². The summed E-state index contributed by atoms with van der Waals surface area (Å²) < 4.78 is 43.8. The van der Waals surface area contributed by atoms with Crippen LogP contribution in [0.4, 0.5) is 10.1 Å². The van der Waals surface area contributed by atoms with Gasteiger partial charge in [0.15, 0.2) is 0 Å². The van der Waals surface area contributed by atoms with Crippen molar-refractivity contribution in [3.8, 4) is 0 Å². The van der Waals surface area contributed by atoms with Crippen molar-refractivity contribution in [3.05, 3.63) is 93.8 Å². The molecule has 0 aliphatic rings. The molecule has 10 heteroatoms. The molecule has 0 aromatic heterocycles. The first kappa shape index (κ1) is 29.6. The Hall–Kier alpha value is -2.99. The van der Waals surface area contributed by atoms with Gasteiger partial charge in [-0.2, -0.15) is 0 Å². The summed E-state index contributed by atoms with van der Waals surface area (Å²) in [5.41, 5.74) is 0.515. The highest BCUT2D eigenvalue weighted by atomic mass is 127. The first-order valence-corrected chi connectivity index (χ1v) is 14.7. The van der Waals surface area contributed by atoms with Gasteiger partial charge in [-0.05, 0) is 77.9 Å². The molecule has 0 unspecified atom stereocenters. The van der Waals surface area contributed by atoms with Crippen molar-refractivity contribution in [2.75, 3.05) is 17.4 Å². The summed E-state index contributed by atoms with van der Waals surface area (Å²) in [5.74, 6) is -1.38. The van der Waals surface area contributed by atoms with Gasteiger partial charge in [-0.3, -0.25) is 13.9 Å². The fourth-order valence-electron chi connectivity index (χ4n) is 3.70. The van der Waals surface area contributed by atoms with Crippen LogP contribution < -0.4 is 9.62 Å². The number of hydrogen-bond acceptors (Lipinski definition) is 4.